The molecular weight excluding hydrogens is 1570 g/mol. The SMILES string of the molecule is CC1(C)c2ccccc2-c2c(N(c3ccc(-c4ccccc4)cc3)c3ccc(-c4ccccc4)cc3)ccc(-c3ccc(-n4c5ccccc5c5ccccc54)cc3)c21.CC1(C)c2ccccc2-c2c(N(c3ccc(-c4ccccc4)cc3)c3ccc(-c4ccccc4)cc3)ccc(-c3ccc(N(c4ccc(-c5ccccc5)cc4)c4ccc(-c5ccccc5)cc4)cc3)c21. The number of para-hydroxylation sites is 2. The molecule has 0 aliphatic heterocycles. The first-order valence-electron chi connectivity index (χ1n) is 45.1. The Morgan fingerprint density at radius 3 is 0.662 bits per heavy atom. The summed E-state index contributed by atoms with van der Waals surface area (Å²) >= 11 is 0. The van der Waals surface area contributed by atoms with Crippen LogP contribution in [0.15, 0.2) is 497 Å². The molecule has 0 radical (unpaired) electrons. The zero-order valence-electron chi connectivity index (χ0n) is 73.1. The lowest BCUT2D eigenvalue weighted by Gasteiger charge is -2.31. The molecular formula is C126H94N4. The van der Waals surface area contributed by atoms with Crippen LogP contribution in [0.4, 0.5) is 51.2 Å². The van der Waals surface area contributed by atoms with Crippen molar-refractivity contribution in [2.45, 2.75) is 38.5 Å². The second kappa shape index (κ2) is 33.8. The molecule has 2 aliphatic carbocycles. The minimum absolute atomic E-state index is 0.233. The molecule has 4 heteroatoms. The lowest BCUT2D eigenvalue weighted by atomic mass is 9.78. The molecule has 1 aromatic heterocycles. The average molecular weight is 1660 g/mol. The predicted octanol–water partition coefficient (Wildman–Crippen LogP) is 34.8. The number of nitrogens with zero attached hydrogens (tertiary/aromatic N) is 4. The fraction of sp³-hybridized carbons (Fsp3) is 0.0476. The zero-order chi connectivity index (χ0) is 87.2. The fourth-order valence-electron chi connectivity index (χ4n) is 20.3. The normalized spacial score (nSPS) is 12.4. The van der Waals surface area contributed by atoms with Gasteiger partial charge < -0.3 is 19.3 Å². The third-order valence-electron chi connectivity index (χ3n) is 26.7. The van der Waals surface area contributed by atoms with E-state index in [2.05, 4.69) is 544 Å². The van der Waals surface area contributed by atoms with E-state index in [1.165, 1.54) is 161 Å². The number of benzene rings is 20. The molecule has 0 bridgehead atoms. The Labute approximate surface area is 762 Å². The van der Waals surface area contributed by atoms with Crippen molar-refractivity contribution in [1.82, 2.24) is 4.57 Å². The van der Waals surface area contributed by atoms with E-state index in [0.29, 0.717) is 0 Å². The van der Waals surface area contributed by atoms with Gasteiger partial charge in [-0.3, -0.25) is 0 Å². The summed E-state index contributed by atoms with van der Waals surface area (Å²) in [5.41, 5.74) is 42.9. The summed E-state index contributed by atoms with van der Waals surface area (Å²) in [6.45, 7) is 9.58. The Morgan fingerprint density at radius 1 is 0.169 bits per heavy atom. The largest absolute Gasteiger partial charge is 0.311 e. The van der Waals surface area contributed by atoms with Gasteiger partial charge in [-0.15, -0.1) is 0 Å². The summed E-state index contributed by atoms with van der Waals surface area (Å²) in [5.74, 6) is 0. The molecule has 0 saturated heterocycles. The third kappa shape index (κ3) is 14.6. The molecule has 0 N–H and O–H groups in total. The Hall–Kier alpha value is -16.4. The van der Waals surface area contributed by atoms with Gasteiger partial charge in [0.1, 0.15) is 0 Å². The lowest BCUT2D eigenvalue weighted by Crippen LogP contribution is -2.17. The number of fused-ring (bicyclic) bond motifs is 9. The highest BCUT2D eigenvalue weighted by Crippen LogP contribution is 2.60. The van der Waals surface area contributed by atoms with Gasteiger partial charge in [-0.1, -0.05) is 404 Å². The summed E-state index contributed by atoms with van der Waals surface area (Å²) in [5, 5.41) is 2.54. The van der Waals surface area contributed by atoms with Gasteiger partial charge in [-0.2, -0.15) is 0 Å². The highest BCUT2D eigenvalue weighted by molar-refractivity contribution is 6.10. The Kier molecular flexibility index (Phi) is 20.7. The van der Waals surface area contributed by atoms with Gasteiger partial charge in [0.15, 0.2) is 0 Å². The van der Waals surface area contributed by atoms with E-state index in [1.54, 1.807) is 0 Å². The number of rotatable bonds is 18. The van der Waals surface area contributed by atoms with Crippen LogP contribution in [-0.4, -0.2) is 4.57 Å². The highest BCUT2D eigenvalue weighted by atomic mass is 15.2. The monoisotopic (exact) mass is 1660 g/mol. The first-order valence-corrected chi connectivity index (χ1v) is 45.1. The van der Waals surface area contributed by atoms with Crippen molar-refractivity contribution < 1.29 is 0 Å². The first kappa shape index (κ1) is 79.5. The molecule has 4 nitrogen and oxygen atoms in total. The third-order valence-corrected chi connectivity index (χ3v) is 26.7. The van der Waals surface area contributed by atoms with E-state index < -0.39 is 0 Å². The molecule has 0 saturated carbocycles. The minimum Gasteiger partial charge on any atom is -0.311 e. The van der Waals surface area contributed by atoms with Gasteiger partial charge >= 0.3 is 0 Å². The molecule has 0 fully saturated rings. The number of aromatic nitrogens is 1. The number of hydrogen-bond donors (Lipinski definition) is 0. The maximum absolute atomic E-state index is 2.46. The summed E-state index contributed by atoms with van der Waals surface area (Å²) in [7, 11) is 0. The average Bonchev–Trinajstić information content (AvgIpc) is 1.55. The van der Waals surface area contributed by atoms with Crippen LogP contribution in [0.2, 0.25) is 0 Å². The van der Waals surface area contributed by atoms with Crippen molar-refractivity contribution in [1.29, 1.82) is 0 Å². The topological polar surface area (TPSA) is 14.7 Å². The molecule has 1 heterocycles. The summed E-state index contributed by atoms with van der Waals surface area (Å²) in [4.78, 5) is 7.28. The highest BCUT2D eigenvalue weighted by Gasteiger charge is 2.42. The van der Waals surface area contributed by atoms with Crippen molar-refractivity contribution in [3.63, 3.8) is 0 Å². The van der Waals surface area contributed by atoms with Crippen LogP contribution in [0.3, 0.4) is 0 Å². The van der Waals surface area contributed by atoms with Crippen molar-refractivity contribution >= 4 is 73.0 Å². The molecule has 0 unspecified atom stereocenters. The van der Waals surface area contributed by atoms with E-state index in [4.69, 9.17) is 0 Å². The van der Waals surface area contributed by atoms with Crippen molar-refractivity contribution in [2.75, 3.05) is 14.7 Å². The molecule has 0 spiro atoms. The molecule has 0 amide bonds. The van der Waals surface area contributed by atoms with E-state index in [-0.39, 0.29) is 10.8 Å². The van der Waals surface area contributed by atoms with Crippen LogP contribution in [0.1, 0.15) is 49.9 Å². The summed E-state index contributed by atoms with van der Waals surface area (Å²) in [6.07, 6.45) is 0. The zero-order valence-corrected chi connectivity index (χ0v) is 73.1. The Bertz CT molecular complexity index is 7340. The number of anilines is 9. The van der Waals surface area contributed by atoms with Gasteiger partial charge in [0.25, 0.3) is 0 Å². The molecule has 618 valence electrons. The van der Waals surface area contributed by atoms with Crippen LogP contribution in [0.25, 0.3) is 139 Å². The number of hydrogen-bond acceptors (Lipinski definition) is 3. The quantitative estimate of drug-likeness (QED) is 0.0851. The van der Waals surface area contributed by atoms with E-state index in [1.807, 2.05) is 0 Å². The van der Waals surface area contributed by atoms with Crippen LogP contribution >= 0.6 is 0 Å². The first-order chi connectivity index (χ1) is 64.0. The molecule has 23 rings (SSSR count). The van der Waals surface area contributed by atoms with Crippen LogP contribution < -0.4 is 14.7 Å². The van der Waals surface area contributed by atoms with Gasteiger partial charge in [0.2, 0.25) is 0 Å². The Morgan fingerprint density at radius 2 is 0.385 bits per heavy atom. The lowest BCUT2D eigenvalue weighted by molar-refractivity contribution is 0.662. The minimum atomic E-state index is -0.275. The van der Waals surface area contributed by atoms with Crippen molar-refractivity contribution in [3.05, 3.63) is 520 Å². The maximum Gasteiger partial charge on any atom is 0.0543 e. The molecule has 0 atom stereocenters. The standard InChI is InChI=1S/C69H52N2.C57H42N2/c1-69(2)65-26-16-15-25-64(65)67-66(71(61-41-31-55(32-42-61)51-21-11-5-12-22-51)62-43-33-56(34-44-62)52-23-13-6-14-24-52)48-47-63(68(67)69)57-35-45-60(46-36-57)70(58-37-27-53(28-38-58)49-17-7-3-8-18-49)59-39-29-54(30-40-59)50-19-9-4-10-20-50;1-57(2)51-22-12-9-21-50(51)55-54(38-37-47(56(55)57)43-29-35-46(36-30-43)59-52-23-13-10-19-48(52)49-20-11-14-24-53(49)59)58(44-31-25-41(26-32-44)39-15-5-3-6-16-39)45-33-27-42(28-34-45)40-17-7-4-8-18-40/h3-48H,1-2H3;3-38H,1-2H3. The molecule has 21 aromatic rings. The van der Waals surface area contributed by atoms with Crippen LogP contribution in [-0.2, 0) is 10.8 Å². The van der Waals surface area contributed by atoms with Crippen molar-refractivity contribution in [2.24, 2.45) is 0 Å². The summed E-state index contributed by atoms with van der Waals surface area (Å²) in [6, 6.07) is 181. The smallest absolute Gasteiger partial charge is 0.0543 e. The van der Waals surface area contributed by atoms with Gasteiger partial charge in [-0.25, -0.2) is 0 Å². The Balaban J connectivity index is 0.000000155. The maximum atomic E-state index is 2.46. The van der Waals surface area contributed by atoms with E-state index in [9.17, 15) is 0 Å². The van der Waals surface area contributed by atoms with Gasteiger partial charge in [0.05, 0.1) is 22.4 Å². The molecule has 130 heavy (non-hydrogen) atoms. The van der Waals surface area contributed by atoms with Gasteiger partial charge in [-0.05, 0) is 244 Å². The predicted molar refractivity (Wildman–Crippen MR) is 550 cm³/mol. The second-order valence-electron chi connectivity index (χ2n) is 35.1. The summed E-state index contributed by atoms with van der Waals surface area (Å²) < 4.78 is 2.39. The molecule has 20 aromatic carbocycles. The van der Waals surface area contributed by atoms with E-state index in [0.717, 1.165) is 51.2 Å². The second-order valence-corrected chi connectivity index (χ2v) is 35.1. The fourth-order valence-corrected chi connectivity index (χ4v) is 20.3. The van der Waals surface area contributed by atoms with E-state index >= 15 is 0 Å². The van der Waals surface area contributed by atoms with Crippen LogP contribution in [0.5, 0.6) is 0 Å². The van der Waals surface area contributed by atoms with Crippen molar-refractivity contribution in [3.8, 4) is 117 Å². The van der Waals surface area contributed by atoms with Crippen LogP contribution in [0, 0.1) is 0 Å². The molecule has 2 aliphatic rings. The van der Waals surface area contributed by atoms with Gasteiger partial charge in [0, 0.05) is 78.2 Å².